The van der Waals surface area contributed by atoms with Crippen molar-refractivity contribution in [3.63, 3.8) is 0 Å². The minimum atomic E-state index is -0.382. The summed E-state index contributed by atoms with van der Waals surface area (Å²) in [7, 11) is 0. The van der Waals surface area contributed by atoms with Gasteiger partial charge in [-0.3, -0.25) is 4.79 Å². The number of hydrogen-bond acceptors (Lipinski definition) is 3. The topological polar surface area (TPSA) is 44.1 Å². The molecule has 0 spiro atoms. The van der Waals surface area contributed by atoms with Crippen molar-refractivity contribution in [1.82, 2.24) is 9.78 Å². The van der Waals surface area contributed by atoms with E-state index in [1.807, 2.05) is 30.3 Å². The van der Waals surface area contributed by atoms with Gasteiger partial charge in [-0.15, -0.1) is 0 Å². The average Bonchev–Trinajstić information content (AvgIpc) is 2.59. The molecule has 0 aliphatic heterocycles. The Labute approximate surface area is 163 Å². The number of ether oxygens (including phenoxy) is 1. The molecule has 1 aromatic heterocycles. The van der Waals surface area contributed by atoms with E-state index in [1.165, 1.54) is 6.07 Å². The summed E-state index contributed by atoms with van der Waals surface area (Å²) in [6.45, 7) is 0.431. The van der Waals surface area contributed by atoms with Crippen LogP contribution in [0.2, 0.25) is 10.0 Å². The highest BCUT2D eigenvalue weighted by molar-refractivity contribution is 9.10. The molecule has 0 atom stereocenters. The highest BCUT2D eigenvalue weighted by Gasteiger charge is 2.14. The molecule has 0 fully saturated rings. The van der Waals surface area contributed by atoms with Crippen LogP contribution in [0.25, 0.3) is 5.69 Å². The predicted octanol–water partition coefficient (Wildman–Crippen LogP) is 4.92. The van der Waals surface area contributed by atoms with Crippen molar-refractivity contribution in [2.45, 2.75) is 6.42 Å². The first-order valence-electron chi connectivity index (χ1n) is 7.47. The van der Waals surface area contributed by atoms with Crippen LogP contribution in [0.15, 0.2) is 64.0 Å². The summed E-state index contributed by atoms with van der Waals surface area (Å²) in [5.74, 6) is 0.375. The van der Waals surface area contributed by atoms with E-state index < -0.39 is 0 Å². The van der Waals surface area contributed by atoms with Gasteiger partial charge in [-0.05, 0) is 33.6 Å². The van der Waals surface area contributed by atoms with Crippen LogP contribution in [0.3, 0.4) is 0 Å². The van der Waals surface area contributed by atoms with E-state index >= 15 is 0 Å². The lowest BCUT2D eigenvalue weighted by Crippen LogP contribution is -2.22. The Morgan fingerprint density at radius 2 is 1.72 bits per heavy atom. The zero-order chi connectivity index (χ0) is 17.8. The van der Waals surface area contributed by atoms with Gasteiger partial charge in [-0.25, -0.2) is 0 Å². The van der Waals surface area contributed by atoms with Crippen LogP contribution >= 0.6 is 39.1 Å². The van der Waals surface area contributed by atoms with Crippen molar-refractivity contribution in [3.8, 4) is 11.4 Å². The fourth-order valence-electron chi connectivity index (χ4n) is 2.30. The lowest BCUT2D eigenvalue weighted by Gasteiger charge is -2.12. The maximum absolute atomic E-state index is 12.4. The summed E-state index contributed by atoms with van der Waals surface area (Å²) >= 11 is 15.6. The van der Waals surface area contributed by atoms with Crippen LogP contribution < -0.4 is 10.3 Å². The van der Waals surface area contributed by atoms with E-state index in [0.29, 0.717) is 32.7 Å². The first-order chi connectivity index (χ1) is 12.1. The van der Waals surface area contributed by atoms with Gasteiger partial charge in [-0.1, -0.05) is 59.6 Å². The average molecular weight is 440 g/mol. The minimum absolute atomic E-state index is 0.340. The molecule has 3 aromatic rings. The van der Waals surface area contributed by atoms with Crippen LogP contribution in [-0.4, -0.2) is 16.4 Å². The zero-order valence-electron chi connectivity index (χ0n) is 13.0. The first-order valence-corrected chi connectivity index (χ1v) is 9.02. The van der Waals surface area contributed by atoms with Gasteiger partial charge in [0.2, 0.25) is 0 Å². The van der Waals surface area contributed by atoms with Gasteiger partial charge < -0.3 is 4.74 Å². The van der Waals surface area contributed by atoms with Crippen LogP contribution in [0, 0.1) is 0 Å². The Morgan fingerprint density at radius 3 is 2.40 bits per heavy atom. The number of rotatable bonds is 5. The molecule has 0 radical (unpaired) electrons. The van der Waals surface area contributed by atoms with Gasteiger partial charge >= 0.3 is 0 Å². The van der Waals surface area contributed by atoms with Crippen molar-refractivity contribution in [2.75, 3.05) is 6.61 Å². The highest BCUT2D eigenvalue weighted by Crippen LogP contribution is 2.28. The summed E-state index contributed by atoms with van der Waals surface area (Å²) in [6, 6.07) is 16.3. The molecule has 7 heteroatoms. The van der Waals surface area contributed by atoms with E-state index in [2.05, 4.69) is 21.0 Å². The normalized spacial score (nSPS) is 10.7. The Kier molecular flexibility index (Phi) is 5.78. The summed E-state index contributed by atoms with van der Waals surface area (Å²) in [4.78, 5) is 12.4. The molecule has 0 bridgehead atoms. The third-order valence-corrected chi connectivity index (χ3v) is 4.65. The second kappa shape index (κ2) is 8.04. The van der Waals surface area contributed by atoms with E-state index in [1.54, 1.807) is 18.2 Å². The third-order valence-electron chi connectivity index (χ3n) is 3.49. The Balaban J connectivity index is 1.82. The van der Waals surface area contributed by atoms with Crippen LogP contribution in [0.1, 0.15) is 5.56 Å². The van der Waals surface area contributed by atoms with Crippen LogP contribution in [0.4, 0.5) is 0 Å². The largest absolute Gasteiger partial charge is 0.490 e. The van der Waals surface area contributed by atoms with Gasteiger partial charge in [0, 0.05) is 6.42 Å². The molecule has 2 aromatic carbocycles. The maximum atomic E-state index is 12.4. The molecule has 0 aliphatic carbocycles. The molecule has 3 rings (SSSR count). The molecular weight excluding hydrogens is 427 g/mol. The van der Waals surface area contributed by atoms with Crippen LogP contribution in [-0.2, 0) is 6.42 Å². The number of hydrogen-bond donors (Lipinski definition) is 0. The second-order valence-electron chi connectivity index (χ2n) is 5.20. The number of benzene rings is 2. The quantitative estimate of drug-likeness (QED) is 0.566. The molecule has 25 heavy (non-hydrogen) atoms. The molecule has 1 heterocycles. The summed E-state index contributed by atoms with van der Waals surface area (Å²) in [5, 5.41) is 4.90. The molecule has 0 saturated carbocycles. The van der Waals surface area contributed by atoms with Gasteiger partial charge in [0.25, 0.3) is 5.56 Å². The van der Waals surface area contributed by atoms with Crippen molar-refractivity contribution >= 4 is 39.1 Å². The van der Waals surface area contributed by atoms with Gasteiger partial charge in [0.1, 0.15) is 5.69 Å². The number of halogens is 3. The van der Waals surface area contributed by atoms with Crippen molar-refractivity contribution in [2.24, 2.45) is 0 Å². The Bertz CT molecular complexity index is 925. The number of aromatic nitrogens is 2. The van der Waals surface area contributed by atoms with Gasteiger partial charge in [-0.2, -0.15) is 9.78 Å². The minimum Gasteiger partial charge on any atom is -0.490 e. The second-order valence-corrected chi connectivity index (χ2v) is 6.77. The first kappa shape index (κ1) is 18.0. The standard InChI is InChI=1S/C18H13BrCl2N2O2/c19-18-15(25-10-9-12-5-2-1-3-6-12)11-16(24)23(22-18)17-13(20)7-4-8-14(17)21/h1-8,11H,9-10H2. The summed E-state index contributed by atoms with van der Waals surface area (Å²) < 4.78 is 7.24. The molecule has 0 aliphatic rings. The van der Waals surface area contributed by atoms with E-state index in [9.17, 15) is 4.79 Å². The SMILES string of the molecule is O=c1cc(OCCc2ccccc2)c(Br)nn1-c1c(Cl)cccc1Cl. The smallest absolute Gasteiger partial charge is 0.275 e. The zero-order valence-corrected chi connectivity index (χ0v) is 16.1. The summed E-state index contributed by atoms with van der Waals surface area (Å²) in [5.41, 5.74) is 1.11. The fraction of sp³-hybridized carbons (Fsp3) is 0.111. The Morgan fingerprint density at radius 1 is 1.04 bits per heavy atom. The van der Waals surface area contributed by atoms with Crippen LogP contribution in [0.5, 0.6) is 5.75 Å². The number of para-hydroxylation sites is 1. The lowest BCUT2D eigenvalue weighted by atomic mass is 10.2. The van der Waals surface area contributed by atoms with E-state index in [0.717, 1.165) is 16.7 Å². The van der Waals surface area contributed by atoms with E-state index in [4.69, 9.17) is 27.9 Å². The monoisotopic (exact) mass is 438 g/mol. The Hall–Kier alpha value is -1.82. The molecule has 0 saturated heterocycles. The highest BCUT2D eigenvalue weighted by atomic mass is 79.9. The molecule has 0 amide bonds. The number of nitrogens with zero attached hydrogens (tertiary/aromatic N) is 2. The molecule has 0 N–H and O–H groups in total. The molecular formula is C18H13BrCl2N2O2. The molecule has 128 valence electrons. The molecule has 0 unspecified atom stereocenters. The van der Waals surface area contributed by atoms with Crippen molar-refractivity contribution in [3.05, 3.63) is 85.2 Å². The van der Waals surface area contributed by atoms with Crippen molar-refractivity contribution < 1.29 is 4.74 Å². The summed E-state index contributed by atoms with van der Waals surface area (Å²) in [6.07, 6.45) is 0.729. The predicted molar refractivity (Wildman–Crippen MR) is 103 cm³/mol. The third kappa shape index (κ3) is 4.24. The van der Waals surface area contributed by atoms with Crippen molar-refractivity contribution in [1.29, 1.82) is 0 Å². The fourth-order valence-corrected chi connectivity index (χ4v) is 3.24. The lowest BCUT2D eigenvalue weighted by molar-refractivity contribution is 0.316. The van der Waals surface area contributed by atoms with Gasteiger partial charge in [0.05, 0.1) is 22.7 Å². The maximum Gasteiger partial charge on any atom is 0.275 e. The van der Waals surface area contributed by atoms with Gasteiger partial charge in [0.15, 0.2) is 10.4 Å². The molecule has 4 nitrogen and oxygen atoms in total. The van der Waals surface area contributed by atoms with E-state index in [-0.39, 0.29) is 5.56 Å².